The smallest absolute Gasteiger partial charge is 0.240 e. The first-order valence-corrected chi connectivity index (χ1v) is 5.36. The molecule has 88 valence electrons. The molecule has 0 atom stereocenters. The number of nitrogens with one attached hydrogen (secondary N) is 1. The Bertz CT molecular complexity index is 249. The van der Waals surface area contributed by atoms with Crippen LogP contribution in [0.3, 0.4) is 0 Å². The summed E-state index contributed by atoms with van der Waals surface area (Å²) in [7, 11) is 1.68. The van der Waals surface area contributed by atoms with E-state index in [1.54, 1.807) is 7.11 Å². The molecule has 4 heteroatoms. The van der Waals surface area contributed by atoms with Crippen molar-refractivity contribution in [3.8, 4) is 0 Å². The van der Waals surface area contributed by atoms with Gasteiger partial charge in [0, 0.05) is 25.7 Å². The van der Waals surface area contributed by atoms with Crippen molar-refractivity contribution in [1.29, 1.82) is 0 Å². The van der Waals surface area contributed by atoms with Crippen LogP contribution in [-0.2, 0) is 9.53 Å². The van der Waals surface area contributed by atoms with Crippen LogP contribution in [0.5, 0.6) is 0 Å². The molecule has 1 aliphatic heterocycles. The van der Waals surface area contributed by atoms with Crippen LogP contribution in [0.4, 0.5) is 0 Å². The molecule has 15 heavy (non-hydrogen) atoms. The van der Waals surface area contributed by atoms with Gasteiger partial charge in [0.2, 0.25) is 5.91 Å². The van der Waals surface area contributed by atoms with Gasteiger partial charge in [-0.25, -0.2) is 0 Å². The summed E-state index contributed by atoms with van der Waals surface area (Å²) < 4.78 is 5.07. The minimum atomic E-state index is -0.436. The first-order chi connectivity index (χ1) is 6.79. The standard InChI is InChI=1S/C11H22N2O2/c1-10(2)8-13(6-7-15-5)11(3,4)9(14)12-10/h6-8H2,1-5H3,(H,12,14). The first-order valence-electron chi connectivity index (χ1n) is 5.36. The molecule has 0 aromatic rings. The molecule has 0 aromatic heterocycles. The third kappa shape index (κ3) is 2.69. The van der Waals surface area contributed by atoms with Crippen molar-refractivity contribution in [2.45, 2.75) is 38.8 Å². The van der Waals surface area contributed by atoms with E-state index in [9.17, 15) is 4.79 Å². The average Bonchev–Trinajstić information content (AvgIpc) is 2.09. The van der Waals surface area contributed by atoms with Crippen molar-refractivity contribution in [2.24, 2.45) is 0 Å². The Morgan fingerprint density at radius 3 is 2.53 bits per heavy atom. The minimum Gasteiger partial charge on any atom is -0.383 e. The third-order valence-corrected chi connectivity index (χ3v) is 2.95. The van der Waals surface area contributed by atoms with Crippen molar-refractivity contribution in [3.05, 3.63) is 0 Å². The molecular weight excluding hydrogens is 192 g/mol. The first kappa shape index (κ1) is 12.5. The summed E-state index contributed by atoms with van der Waals surface area (Å²) in [6, 6.07) is 0. The summed E-state index contributed by atoms with van der Waals surface area (Å²) in [5, 5.41) is 3.03. The second kappa shape index (κ2) is 4.10. The van der Waals surface area contributed by atoms with E-state index in [1.807, 2.05) is 27.7 Å². The van der Waals surface area contributed by atoms with E-state index < -0.39 is 5.54 Å². The van der Waals surface area contributed by atoms with Gasteiger partial charge in [-0.15, -0.1) is 0 Å². The molecule has 1 fully saturated rings. The highest BCUT2D eigenvalue weighted by molar-refractivity contribution is 5.86. The number of carbonyl (C=O) groups excluding carboxylic acids is 1. The van der Waals surface area contributed by atoms with E-state index in [1.165, 1.54) is 0 Å². The Hall–Kier alpha value is -0.610. The molecule has 0 radical (unpaired) electrons. The highest BCUT2D eigenvalue weighted by Gasteiger charge is 2.43. The lowest BCUT2D eigenvalue weighted by Gasteiger charge is -2.48. The van der Waals surface area contributed by atoms with Crippen LogP contribution in [0.2, 0.25) is 0 Å². The molecule has 0 aromatic carbocycles. The molecule has 0 aliphatic carbocycles. The molecule has 1 rings (SSSR count). The summed E-state index contributed by atoms with van der Waals surface area (Å²) in [5.41, 5.74) is -0.589. The van der Waals surface area contributed by atoms with Crippen molar-refractivity contribution < 1.29 is 9.53 Å². The number of amides is 1. The Labute approximate surface area is 92.0 Å². The number of nitrogens with zero attached hydrogens (tertiary/aromatic N) is 1. The maximum Gasteiger partial charge on any atom is 0.240 e. The highest BCUT2D eigenvalue weighted by Crippen LogP contribution is 2.23. The van der Waals surface area contributed by atoms with Crippen LogP contribution in [0.15, 0.2) is 0 Å². The molecular formula is C11H22N2O2. The van der Waals surface area contributed by atoms with Crippen LogP contribution in [0, 0.1) is 0 Å². The number of methoxy groups -OCH3 is 1. The van der Waals surface area contributed by atoms with E-state index in [2.05, 4.69) is 10.2 Å². The molecule has 0 saturated carbocycles. The van der Waals surface area contributed by atoms with Crippen LogP contribution in [0.25, 0.3) is 0 Å². The van der Waals surface area contributed by atoms with E-state index >= 15 is 0 Å². The molecule has 1 N–H and O–H groups in total. The highest BCUT2D eigenvalue weighted by atomic mass is 16.5. The van der Waals surface area contributed by atoms with Gasteiger partial charge >= 0.3 is 0 Å². The summed E-state index contributed by atoms with van der Waals surface area (Å²) in [6.07, 6.45) is 0. The SMILES string of the molecule is COCCN1CC(C)(C)NC(=O)C1(C)C. The summed E-state index contributed by atoms with van der Waals surface area (Å²) >= 11 is 0. The molecule has 0 unspecified atom stereocenters. The topological polar surface area (TPSA) is 41.6 Å². The van der Waals surface area contributed by atoms with Crippen LogP contribution in [-0.4, -0.2) is 48.7 Å². The van der Waals surface area contributed by atoms with E-state index in [0.717, 1.165) is 13.1 Å². The zero-order valence-corrected chi connectivity index (χ0v) is 10.4. The number of piperazine rings is 1. The van der Waals surface area contributed by atoms with Gasteiger partial charge in [0.15, 0.2) is 0 Å². The minimum absolute atomic E-state index is 0.0925. The lowest BCUT2D eigenvalue weighted by atomic mass is 9.91. The predicted molar refractivity (Wildman–Crippen MR) is 59.7 cm³/mol. The van der Waals surface area contributed by atoms with Crippen LogP contribution < -0.4 is 5.32 Å². The van der Waals surface area contributed by atoms with Gasteiger partial charge in [0.05, 0.1) is 12.1 Å². The largest absolute Gasteiger partial charge is 0.383 e. The maximum absolute atomic E-state index is 11.9. The normalized spacial score (nSPS) is 25.0. The average molecular weight is 214 g/mol. The van der Waals surface area contributed by atoms with E-state index in [-0.39, 0.29) is 11.4 Å². The second-order valence-corrected chi connectivity index (χ2v) is 5.31. The number of hydrogen-bond acceptors (Lipinski definition) is 3. The quantitative estimate of drug-likeness (QED) is 0.749. The molecule has 1 amide bonds. The molecule has 4 nitrogen and oxygen atoms in total. The second-order valence-electron chi connectivity index (χ2n) is 5.31. The molecule has 1 saturated heterocycles. The Kier molecular flexibility index (Phi) is 3.41. The lowest BCUT2D eigenvalue weighted by Crippen LogP contribution is -2.69. The molecule has 0 bridgehead atoms. The number of rotatable bonds is 3. The predicted octanol–water partition coefficient (Wildman–Crippen LogP) is 0.622. The van der Waals surface area contributed by atoms with Crippen molar-refractivity contribution in [2.75, 3.05) is 26.8 Å². The van der Waals surface area contributed by atoms with Crippen molar-refractivity contribution in [1.82, 2.24) is 10.2 Å². The third-order valence-electron chi connectivity index (χ3n) is 2.95. The van der Waals surface area contributed by atoms with E-state index in [0.29, 0.717) is 6.61 Å². The molecule has 0 spiro atoms. The van der Waals surface area contributed by atoms with Gasteiger partial charge in [-0.2, -0.15) is 0 Å². The Morgan fingerprint density at radius 1 is 1.40 bits per heavy atom. The van der Waals surface area contributed by atoms with Crippen molar-refractivity contribution in [3.63, 3.8) is 0 Å². The maximum atomic E-state index is 11.9. The van der Waals surface area contributed by atoms with Gasteiger partial charge in [0.1, 0.15) is 0 Å². The fourth-order valence-electron chi connectivity index (χ4n) is 1.88. The summed E-state index contributed by atoms with van der Waals surface area (Å²) in [6.45, 7) is 10.3. The Balaban J connectivity index is 2.76. The van der Waals surface area contributed by atoms with Crippen molar-refractivity contribution >= 4 is 5.91 Å². The van der Waals surface area contributed by atoms with Gasteiger partial charge in [-0.05, 0) is 27.7 Å². The van der Waals surface area contributed by atoms with Crippen LogP contribution >= 0.6 is 0 Å². The van der Waals surface area contributed by atoms with Crippen LogP contribution in [0.1, 0.15) is 27.7 Å². The number of ether oxygens (including phenoxy) is 1. The van der Waals surface area contributed by atoms with Gasteiger partial charge < -0.3 is 10.1 Å². The fraction of sp³-hybridized carbons (Fsp3) is 0.909. The Morgan fingerprint density at radius 2 is 2.00 bits per heavy atom. The summed E-state index contributed by atoms with van der Waals surface area (Å²) in [5.74, 6) is 0.0925. The summed E-state index contributed by atoms with van der Waals surface area (Å²) in [4.78, 5) is 14.1. The zero-order valence-electron chi connectivity index (χ0n) is 10.4. The zero-order chi connectivity index (χ0) is 11.7. The lowest BCUT2D eigenvalue weighted by molar-refractivity contribution is -0.140. The number of carbonyl (C=O) groups is 1. The van der Waals surface area contributed by atoms with Gasteiger partial charge in [0.25, 0.3) is 0 Å². The van der Waals surface area contributed by atoms with Gasteiger partial charge in [-0.3, -0.25) is 9.69 Å². The fourth-order valence-corrected chi connectivity index (χ4v) is 1.88. The van der Waals surface area contributed by atoms with Gasteiger partial charge in [-0.1, -0.05) is 0 Å². The molecule has 1 heterocycles. The monoisotopic (exact) mass is 214 g/mol. The molecule has 1 aliphatic rings. The van der Waals surface area contributed by atoms with E-state index in [4.69, 9.17) is 4.74 Å². The number of hydrogen-bond donors (Lipinski definition) is 1.